The maximum Gasteiger partial charge on any atom is 0.270 e. The van der Waals surface area contributed by atoms with Crippen molar-refractivity contribution >= 4 is 5.91 Å². The van der Waals surface area contributed by atoms with Crippen LogP contribution in [0.3, 0.4) is 0 Å². The maximum atomic E-state index is 12.6. The number of amides is 1. The monoisotopic (exact) mass is 342 g/mol. The average molecular weight is 342 g/mol. The minimum Gasteiger partial charge on any atom is -0.357 e. The van der Waals surface area contributed by atoms with Crippen molar-refractivity contribution in [3.05, 3.63) is 35.7 Å². The van der Waals surface area contributed by atoms with Gasteiger partial charge in [-0.05, 0) is 50.9 Å². The predicted molar refractivity (Wildman–Crippen MR) is 94.2 cm³/mol. The molecule has 1 unspecified atom stereocenters. The number of hydrogen-bond acceptors (Lipinski definition) is 4. The molecule has 134 valence electrons. The number of rotatable bonds is 4. The van der Waals surface area contributed by atoms with Gasteiger partial charge in [0.1, 0.15) is 17.3 Å². The van der Waals surface area contributed by atoms with Gasteiger partial charge in [-0.3, -0.25) is 9.69 Å². The second-order valence-corrected chi connectivity index (χ2v) is 7.19. The lowest BCUT2D eigenvalue weighted by Crippen LogP contribution is -2.39. The molecule has 1 N–H and O–H groups in total. The largest absolute Gasteiger partial charge is 0.357 e. The van der Waals surface area contributed by atoms with Gasteiger partial charge in [0.2, 0.25) is 0 Å². The summed E-state index contributed by atoms with van der Waals surface area (Å²) in [5.41, 5.74) is 0.660. The smallest absolute Gasteiger partial charge is 0.270 e. The van der Waals surface area contributed by atoms with E-state index in [1.165, 1.54) is 12.8 Å². The fraction of sp³-hybridized carbons (Fsp3) is 0.611. The van der Waals surface area contributed by atoms with Crippen LogP contribution in [0.2, 0.25) is 0 Å². The molecule has 7 heteroatoms. The van der Waals surface area contributed by atoms with Crippen molar-refractivity contribution in [3.8, 4) is 0 Å². The number of aromatic amines is 1. The molecule has 2 aromatic heterocycles. The third-order valence-electron chi connectivity index (χ3n) is 5.46. The highest BCUT2D eigenvalue weighted by Gasteiger charge is 2.29. The summed E-state index contributed by atoms with van der Waals surface area (Å²) in [5.74, 6) is 2.38. The molecule has 0 aliphatic carbocycles. The molecule has 7 nitrogen and oxygen atoms in total. The molecule has 25 heavy (non-hydrogen) atoms. The summed E-state index contributed by atoms with van der Waals surface area (Å²) in [6, 6.07) is 3.70. The highest BCUT2D eigenvalue weighted by Crippen LogP contribution is 2.27. The van der Waals surface area contributed by atoms with Crippen LogP contribution < -0.4 is 0 Å². The van der Waals surface area contributed by atoms with Gasteiger partial charge in [-0.15, -0.1) is 10.2 Å². The molecule has 0 radical (unpaired) electrons. The lowest BCUT2D eigenvalue weighted by molar-refractivity contribution is 0.0698. The van der Waals surface area contributed by atoms with Crippen molar-refractivity contribution in [3.63, 3.8) is 0 Å². The normalized spacial score (nSPS) is 21.8. The Balaban J connectivity index is 1.46. The fourth-order valence-corrected chi connectivity index (χ4v) is 4.02. The summed E-state index contributed by atoms with van der Waals surface area (Å²) < 4.78 is 2.14. The first-order valence-corrected chi connectivity index (χ1v) is 9.25. The van der Waals surface area contributed by atoms with Gasteiger partial charge in [0.25, 0.3) is 5.91 Å². The second-order valence-electron chi connectivity index (χ2n) is 7.19. The van der Waals surface area contributed by atoms with E-state index in [4.69, 9.17) is 0 Å². The average Bonchev–Trinajstić information content (AvgIpc) is 3.38. The number of carbonyl (C=O) groups excluding carboxylic acids is 1. The Morgan fingerprint density at radius 1 is 1.24 bits per heavy atom. The molecule has 4 rings (SSSR count). The molecule has 0 spiro atoms. The van der Waals surface area contributed by atoms with Crippen LogP contribution >= 0.6 is 0 Å². The summed E-state index contributed by atoms with van der Waals surface area (Å²) in [6.07, 6.45) is 6.42. The van der Waals surface area contributed by atoms with Crippen LogP contribution in [0, 0.1) is 0 Å². The summed E-state index contributed by atoms with van der Waals surface area (Å²) in [5, 5.41) is 8.91. The first kappa shape index (κ1) is 16.3. The molecule has 0 bridgehead atoms. The van der Waals surface area contributed by atoms with Crippen molar-refractivity contribution in [2.75, 3.05) is 26.2 Å². The summed E-state index contributed by atoms with van der Waals surface area (Å²) >= 11 is 0. The third kappa shape index (κ3) is 3.33. The number of H-pyrrole nitrogens is 1. The number of nitrogens with zero attached hydrogens (tertiary/aromatic N) is 5. The van der Waals surface area contributed by atoms with E-state index in [1.807, 2.05) is 17.0 Å². The van der Waals surface area contributed by atoms with E-state index in [9.17, 15) is 4.79 Å². The van der Waals surface area contributed by atoms with Gasteiger partial charge in [-0.2, -0.15) is 0 Å². The van der Waals surface area contributed by atoms with E-state index in [0.717, 1.165) is 50.7 Å². The second kappa shape index (κ2) is 7.00. The fourth-order valence-electron chi connectivity index (χ4n) is 4.02. The number of carbonyl (C=O) groups is 1. The molecule has 2 aliphatic rings. The van der Waals surface area contributed by atoms with Crippen LogP contribution in [0.25, 0.3) is 0 Å². The van der Waals surface area contributed by atoms with Crippen LogP contribution in [0.4, 0.5) is 0 Å². The quantitative estimate of drug-likeness (QED) is 0.919. The van der Waals surface area contributed by atoms with Gasteiger partial charge in [0, 0.05) is 32.3 Å². The Kier molecular flexibility index (Phi) is 4.57. The lowest BCUT2D eigenvalue weighted by atomic mass is 9.97. The summed E-state index contributed by atoms with van der Waals surface area (Å²) in [7, 11) is 2.06. The summed E-state index contributed by atoms with van der Waals surface area (Å²) in [6.45, 7) is 4.72. The molecule has 1 amide bonds. The van der Waals surface area contributed by atoms with Gasteiger partial charge in [0.15, 0.2) is 0 Å². The first-order chi connectivity index (χ1) is 12.2. The zero-order chi connectivity index (χ0) is 17.2. The summed E-state index contributed by atoms with van der Waals surface area (Å²) in [4.78, 5) is 20.0. The third-order valence-corrected chi connectivity index (χ3v) is 5.46. The van der Waals surface area contributed by atoms with Crippen molar-refractivity contribution < 1.29 is 4.79 Å². The predicted octanol–water partition coefficient (Wildman–Crippen LogP) is 1.76. The molecular formula is C18H26N6O. The molecule has 2 aromatic rings. The Morgan fingerprint density at radius 2 is 2.08 bits per heavy atom. The van der Waals surface area contributed by atoms with Gasteiger partial charge < -0.3 is 14.5 Å². The Morgan fingerprint density at radius 3 is 2.84 bits per heavy atom. The van der Waals surface area contributed by atoms with Crippen molar-refractivity contribution in [1.82, 2.24) is 29.5 Å². The molecule has 4 heterocycles. The van der Waals surface area contributed by atoms with Gasteiger partial charge in [-0.25, -0.2) is 0 Å². The first-order valence-electron chi connectivity index (χ1n) is 9.25. The number of likely N-dealkylation sites (tertiary alicyclic amines) is 2. The molecule has 2 saturated heterocycles. The Hall–Kier alpha value is -2.15. The highest BCUT2D eigenvalue weighted by atomic mass is 16.2. The minimum atomic E-state index is 0.0779. The molecular weight excluding hydrogens is 316 g/mol. The van der Waals surface area contributed by atoms with E-state index >= 15 is 0 Å². The van der Waals surface area contributed by atoms with Gasteiger partial charge >= 0.3 is 0 Å². The van der Waals surface area contributed by atoms with E-state index in [-0.39, 0.29) is 11.8 Å². The maximum absolute atomic E-state index is 12.6. The topological polar surface area (TPSA) is 70.1 Å². The van der Waals surface area contributed by atoms with Crippen molar-refractivity contribution in [2.45, 2.75) is 38.1 Å². The molecule has 2 fully saturated rings. The van der Waals surface area contributed by atoms with Gasteiger partial charge in [0.05, 0.1) is 6.54 Å². The van der Waals surface area contributed by atoms with E-state index < -0.39 is 0 Å². The van der Waals surface area contributed by atoms with Crippen LogP contribution in [0.1, 0.15) is 53.7 Å². The van der Waals surface area contributed by atoms with Crippen LogP contribution in [0.15, 0.2) is 18.3 Å². The highest BCUT2D eigenvalue weighted by molar-refractivity contribution is 5.92. The Bertz CT molecular complexity index is 716. The SMILES string of the molecule is Cn1c(CN2CCCC2)nnc1C1CCCN(C(=O)c2ccc[nH]2)C1. The molecule has 1 atom stereocenters. The lowest BCUT2D eigenvalue weighted by Gasteiger charge is -2.32. The van der Waals surface area contributed by atoms with Crippen molar-refractivity contribution in [1.29, 1.82) is 0 Å². The van der Waals surface area contributed by atoms with E-state index in [0.29, 0.717) is 12.2 Å². The number of piperidine rings is 1. The van der Waals surface area contributed by atoms with Crippen LogP contribution in [-0.4, -0.2) is 61.6 Å². The Labute approximate surface area is 148 Å². The number of nitrogens with one attached hydrogen (secondary N) is 1. The zero-order valence-electron chi connectivity index (χ0n) is 14.8. The molecule has 2 aliphatic heterocycles. The number of hydrogen-bond donors (Lipinski definition) is 1. The van der Waals surface area contributed by atoms with Crippen molar-refractivity contribution in [2.24, 2.45) is 7.05 Å². The minimum absolute atomic E-state index is 0.0779. The van der Waals surface area contributed by atoms with Crippen LogP contribution in [0.5, 0.6) is 0 Å². The standard InChI is InChI=1S/C18H26N6O/c1-22-16(13-23-9-2-3-10-23)20-21-17(22)14-6-5-11-24(12-14)18(25)15-7-4-8-19-15/h4,7-8,14,19H,2-3,5-6,9-13H2,1H3. The van der Waals surface area contributed by atoms with Gasteiger partial charge in [-0.1, -0.05) is 0 Å². The molecule has 0 saturated carbocycles. The zero-order valence-corrected chi connectivity index (χ0v) is 14.8. The van der Waals surface area contributed by atoms with Crippen LogP contribution in [-0.2, 0) is 13.6 Å². The molecule has 0 aromatic carbocycles. The van der Waals surface area contributed by atoms with E-state index in [2.05, 4.69) is 31.7 Å². The van der Waals surface area contributed by atoms with E-state index in [1.54, 1.807) is 6.20 Å². The number of aromatic nitrogens is 4.